The van der Waals surface area contributed by atoms with E-state index >= 15 is 0 Å². The van der Waals surface area contributed by atoms with Crippen LogP contribution in [-0.2, 0) is 16.1 Å². The summed E-state index contributed by atoms with van der Waals surface area (Å²) in [5, 5.41) is 14.9. The smallest absolute Gasteiger partial charge is 0.234 e. The van der Waals surface area contributed by atoms with E-state index in [0.717, 1.165) is 13.1 Å². The van der Waals surface area contributed by atoms with Crippen molar-refractivity contribution in [2.24, 2.45) is 4.99 Å². The molecular formula is C19H27FN6O2. The second-order valence-corrected chi connectivity index (χ2v) is 6.42. The average molecular weight is 390 g/mol. The number of carbonyl (C=O) groups is 1. The topological polar surface area (TPSA) is 93.0 Å². The summed E-state index contributed by atoms with van der Waals surface area (Å²) in [6, 6.07) is 6.31. The quantitative estimate of drug-likeness (QED) is 0.391. The van der Waals surface area contributed by atoms with E-state index in [1.807, 2.05) is 6.07 Å². The first-order valence-corrected chi connectivity index (χ1v) is 9.19. The van der Waals surface area contributed by atoms with Gasteiger partial charge in [0.2, 0.25) is 5.91 Å². The van der Waals surface area contributed by atoms with Gasteiger partial charge in [-0.15, -0.1) is 0 Å². The van der Waals surface area contributed by atoms with Crippen molar-refractivity contribution in [3.63, 3.8) is 0 Å². The molecule has 0 unspecified atom stereocenters. The maximum absolute atomic E-state index is 13.9. The van der Waals surface area contributed by atoms with Crippen LogP contribution in [0.5, 0.6) is 0 Å². The summed E-state index contributed by atoms with van der Waals surface area (Å²) in [6.45, 7) is 4.51. The van der Waals surface area contributed by atoms with E-state index in [9.17, 15) is 9.18 Å². The number of aliphatic imine (C=N–C) groups is 1. The lowest BCUT2D eigenvalue weighted by atomic mass is 10.1. The first-order valence-electron chi connectivity index (χ1n) is 9.19. The fourth-order valence-corrected chi connectivity index (χ4v) is 2.96. The lowest BCUT2D eigenvalue weighted by molar-refractivity contribution is -0.122. The number of methoxy groups -OCH3 is 1. The van der Waals surface area contributed by atoms with Crippen LogP contribution in [0.2, 0.25) is 0 Å². The van der Waals surface area contributed by atoms with E-state index in [-0.39, 0.29) is 18.3 Å². The molecule has 8 nitrogen and oxygen atoms in total. The number of amides is 1. The zero-order chi connectivity index (χ0) is 20.4. The SMILES string of the molecule is CN=C(NCc1cc(C#N)ccc1F)N1CCN(CC(=O)NCCOC)CC1. The highest BCUT2D eigenvalue weighted by molar-refractivity contribution is 5.80. The fraction of sp³-hybridized carbons (Fsp3) is 0.526. The molecule has 1 aliphatic rings. The second kappa shape index (κ2) is 11.2. The van der Waals surface area contributed by atoms with E-state index in [0.29, 0.717) is 49.9 Å². The molecule has 1 aromatic carbocycles. The van der Waals surface area contributed by atoms with Gasteiger partial charge in [0.1, 0.15) is 5.82 Å². The summed E-state index contributed by atoms with van der Waals surface area (Å²) in [5.41, 5.74) is 0.845. The largest absolute Gasteiger partial charge is 0.383 e. The third-order valence-corrected chi connectivity index (χ3v) is 4.49. The van der Waals surface area contributed by atoms with Crippen LogP contribution in [0.15, 0.2) is 23.2 Å². The van der Waals surface area contributed by atoms with Crippen LogP contribution in [-0.4, -0.2) is 81.7 Å². The number of carbonyl (C=O) groups excluding carboxylic acids is 1. The minimum atomic E-state index is -0.355. The standard InChI is InChI=1S/C19H27FN6O2/c1-22-19(24-13-16-11-15(12-21)3-4-17(16)20)26-8-6-25(7-9-26)14-18(27)23-5-10-28-2/h3-4,11H,5-10,13-14H2,1-2H3,(H,22,24)(H,23,27). The van der Waals surface area contributed by atoms with Crippen molar-refractivity contribution in [3.8, 4) is 6.07 Å². The molecule has 0 radical (unpaired) electrons. The van der Waals surface area contributed by atoms with Crippen LogP contribution in [0.25, 0.3) is 0 Å². The Morgan fingerprint density at radius 1 is 1.32 bits per heavy atom. The van der Waals surface area contributed by atoms with Gasteiger partial charge in [-0.2, -0.15) is 5.26 Å². The fourth-order valence-electron chi connectivity index (χ4n) is 2.96. The van der Waals surface area contributed by atoms with Crippen molar-refractivity contribution in [1.82, 2.24) is 20.4 Å². The first-order chi connectivity index (χ1) is 13.6. The number of halogens is 1. The van der Waals surface area contributed by atoms with Crippen LogP contribution in [0, 0.1) is 17.1 Å². The highest BCUT2D eigenvalue weighted by Crippen LogP contribution is 2.10. The Labute approximate surface area is 165 Å². The van der Waals surface area contributed by atoms with E-state index in [1.165, 1.54) is 18.2 Å². The van der Waals surface area contributed by atoms with Gasteiger partial charge in [0.05, 0.1) is 24.8 Å². The number of nitrogens with zero attached hydrogens (tertiary/aromatic N) is 4. The van der Waals surface area contributed by atoms with Crippen molar-refractivity contribution in [3.05, 3.63) is 35.1 Å². The molecule has 9 heteroatoms. The van der Waals surface area contributed by atoms with Crippen LogP contribution in [0.1, 0.15) is 11.1 Å². The Kier molecular flexibility index (Phi) is 8.65. The maximum Gasteiger partial charge on any atom is 0.234 e. The number of rotatable bonds is 7. The molecule has 152 valence electrons. The molecule has 2 rings (SSSR count). The molecule has 2 N–H and O–H groups in total. The monoisotopic (exact) mass is 390 g/mol. The third-order valence-electron chi connectivity index (χ3n) is 4.49. The van der Waals surface area contributed by atoms with Gasteiger partial charge in [0.25, 0.3) is 0 Å². The minimum absolute atomic E-state index is 0.0131. The average Bonchev–Trinajstić information content (AvgIpc) is 2.71. The number of guanidine groups is 1. The summed E-state index contributed by atoms with van der Waals surface area (Å²) in [5.74, 6) is 0.304. The summed E-state index contributed by atoms with van der Waals surface area (Å²) in [6.07, 6.45) is 0. The normalized spacial score (nSPS) is 15.2. The summed E-state index contributed by atoms with van der Waals surface area (Å²) in [7, 11) is 3.28. The van der Waals surface area contributed by atoms with Crippen molar-refractivity contribution < 1.29 is 13.9 Å². The second-order valence-electron chi connectivity index (χ2n) is 6.42. The van der Waals surface area contributed by atoms with Gasteiger partial charge in [0.15, 0.2) is 5.96 Å². The Bertz CT molecular complexity index is 726. The molecule has 28 heavy (non-hydrogen) atoms. The highest BCUT2D eigenvalue weighted by atomic mass is 19.1. The predicted octanol–water partition coefficient (Wildman–Crippen LogP) is 0.153. The van der Waals surface area contributed by atoms with E-state index in [1.54, 1.807) is 14.2 Å². The number of ether oxygens (including phenoxy) is 1. The van der Waals surface area contributed by atoms with E-state index in [2.05, 4.69) is 25.4 Å². The third kappa shape index (κ3) is 6.48. The molecule has 1 saturated heterocycles. The summed E-state index contributed by atoms with van der Waals surface area (Å²) >= 11 is 0. The number of hydrogen-bond acceptors (Lipinski definition) is 5. The van der Waals surface area contributed by atoms with Crippen molar-refractivity contribution >= 4 is 11.9 Å². The van der Waals surface area contributed by atoms with Crippen LogP contribution < -0.4 is 10.6 Å². The molecule has 0 aliphatic carbocycles. The number of benzene rings is 1. The van der Waals surface area contributed by atoms with Gasteiger partial charge in [-0.3, -0.25) is 14.7 Å². The lowest BCUT2D eigenvalue weighted by Crippen LogP contribution is -2.54. The van der Waals surface area contributed by atoms with Crippen molar-refractivity contribution in [2.75, 3.05) is 60.0 Å². The molecule has 0 saturated carbocycles. The molecule has 1 aromatic rings. The number of nitriles is 1. The van der Waals surface area contributed by atoms with Gasteiger partial charge >= 0.3 is 0 Å². The van der Waals surface area contributed by atoms with Crippen LogP contribution in [0.4, 0.5) is 4.39 Å². The number of nitrogens with one attached hydrogen (secondary N) is 2. The minimum Gasteiger partial charge on any atom is -0.383 e. The molecule has 0 spiro atoms. The Morgan fingerprint density at radius 3 is 2.71 bits per heavy atom. The zero-order valence-electron chi connectivity index (χ0n) is 16.4. The lowest BCUT2D eigenvalue weighted by Gasteiger charge is -2.36. The van der Waals surface area contributed by atoms with Gasteiger partial charge in [-0.25, -0.2) is 4.39 Å². The number of piperazine rings is 1. The summed E-state index contributed by atoms with van der Waals surface area (Å²) < 4.78 is 18.8. The van der Waals surface area contributed by atoms with Crippen LogP contribution in [0.3, 0.4) is 0 Å². The van der Waals surface area contributed by atoms with Gasteiger partial charge in [0, 0.05) is 59.0 Å². The Morgan fingerprint density at radius 2 is 2.07 bits per heavy atom. The maximum atomic E-state index is 13.9. The van der Waals surface area contributed by atoms with Gasteiger partial charge in [-0.1, -0.05) is 0 Å². The molecule has 0 atom stereocenters. The predicted molar refractivity (Wildman–Crippen MR) is 104 cm³/mol. The van der Waals surface area contributed by atoms with Crippen molar-refractivity contribution in [1.29, 1.82) is 5.26 Å². The summed E-state index contributed by atoms with van der Waals surface area (Å²) in [4.78, 5) is 20.3. The Hall–Kier alpha value is -2.70. The Balaban J connectivity index is 1.80. The molecule has 1 aliphatic heterocycles. The molecule has 0 bridgehead atoms. The molecule has 1 fully saturated rings. The molecular weight excluding hydrogens is 363 g/mol. The van der Waals surface area contributed by atoms with E-state index in [4.69, 9.17) is 10.00 Å². The van der Waals surface area contributed by atoms with Gasteiger partial charge < -0.3 is 20.3 Å². The highest BCUT2D eigenvalue weighted by Gasteiger charge is 2.21. The first kappa shape index (κ1) is 21.6. The molecule has 0 aromatic heterocycles. The number of hydrogen-bond donors (Lipinski definition) is 2. The molecule has 1 amide bonds. The molecule has 1 heterocycles. The zero-order valence-corrected chi connectivity index (χ0v) is 16.4. The van der Waals surface area contributed by atoms with Crippen molar-refractivity contribution in [2.45, 2.75) is 6.54 Å². The van der Waals surface area contributed by atoms with Gasteiger partial charge in [-0.05, 0) is 18.2 Å². The van der Waals surface area contributed by atoms with E-state index < -0.39 is 0 Å². The van der Waals surface area contributed by atoms with Crippen LogP contribution >= 0.6 is 0 Å².